The predicted molar refractivity (Wildman–Crippen MR) is 74.1 cm³/mol. The highest BCUT2D eigenvalue weighted by atomic mass is 16.3. The van der Waals surface area contributed by atoms with Gasteiger partial charge in [0, 0.05) is 24.5 Å². The van der Waals surface area contributed by atoms with Gasteiger partial charge in [0.15, 0.2) is 0 Å². The third kappa shape index (κ3) is 2.51. The number of hydrogen-bond donors (Lipinski definition) is 1. The molecular formula is C15H18N2O. The molecule has 0 spiro atoms. The van der Waals surface area contributed by atoms with Gasteiger partial charge in [-0.15, -0.1) is 0 Å². The van der Waals surface area contributed by atoms with E-state index in [1.54, 1.807) is 13.1 Å². The maximum Gasteiger partial charge on any atom is 0.138 e. The number of rotatable bonds is 3. The van der Waals surface area contributed by atoms with Crippen LogP contribution in [0, 0.1) is 6.92 Å². The Morgan fingerprint density at radius 2 is 2.00 bits per heavy atom. The highest BCUT2D eigenvalue weighted by molar-refractivity contribution is 5.62. The molecule has 2 rings (SSSR count). The van der Waals surface area contributed by atoms with Crippen LogP contribution in [-0.4, -0.2) is 17.1 Å². The number of benzene rings is 1. The molecular weight excluding hydrogens is 224 g/mol. The lowest BCUT2D eigenvalue weighted by Gasteiger charge is -2.22. The summed E-state index contributed by atoms with van der Waals surface area (Å²) in [5.41, 5.74) is 3.10. The van der Waals surface area contributed by atoms with Gasteiger partial charge in [0.1, 0.15) is 5.82 Å². The molecule has 1 N–H and O–H groups in total. The zero-order valence-electron chi connectivity index (χ0n) is 11.0. The van der Waals surface area contributed by atoms with Gasteiger partial charge in [-0.2, -0.15) is 0 Å². The molecule has 3 heteroatoms. The molecule has 0 aliphatic heterocycles. The van der Waals surface area contributed by atoms with E-state index in [0.29, 0.717) is 0 Å². The predicted octanol–water partition coefficient (Wildman–Crippen LogP) is 3.21. The van der Waals surface area contributed by atoms with E-state index < -0.39 is 6.10 Å². The van der Waals surface area contributed by atoms with Crippen molar-refractivity contribution >= 4 is 11.5 Å². The van der Waals surface area contributed by atoms with Gasteiger partial charge in [0.2, 0.25) is 0 Å². The van der Waals surface area contributed by atoms with E-state index in [-0.39, 0.29) is 0 Å². The van der Waals surface area contributed by atoms with Crippen molar-refractivity contribution in [1.82, 2.24) is 4.98 Å². The Morgan fingerprint density at radius 1 is 1.22 bits per heavy atom. The molecule has 0 saturated heterocycles. The Balaban J connectivity index is 2.43. The number of aromatic nitrogens is 1. The summed E-state index contributed by atoms with van der Waals surface area (Å²) in [5.74, 6) is 0.790. The first-order chi connectivity index (χ1) is 8.59. The van der Waals surface area contributed by atoms with E-state index in [2.05, 4.69) is 24.0 Å². The fourth-order valence-corrected chi connectivity index (χ4v) is 1.97. The van der Waals surface area contributed by atoms with Gasteiger partial charge in [-0.25, -0.2) is 4.98 Å². The number of aliphatic hydroxyl groups excluding tert-OH is 1. The summed E-state index contributed by atoms with van der Waals surface area (Å²) in [4.78, 5) is 6.37. The molecule has 1 atom stereocenters. The molecule has 1 heterocycles. The normalized spacial score (nSPS) is 12.2. The molecule has 1 aromatic heterocycles. The smallest absolute Gasteiger partial charge is 0.138 e. The summed E-state index contributed by atoms with van der Waals surface area (Å²) < 4.78 is 0. The number of hydrogen-bond acceptors (Lipinski definition) is 3. The molecule has 0 radical (unpaired) electrons. The standard InChI is InChI=1S/C15H18N2O/c1-11-6-4-7-13(10-11)17(3)15-14(12(2)18)8-5-9-16-15/h4-10,12,18H,1-3H3. The SMILES string of the molecule is Cc1cccc(N(C)c2ncccc2C(C)O)c1. The molecule has 2 aromatic rings. The second-order valence-electron chi connectivity index (χ2n) is 4.49. The summed E-state index contributed by atoms with van der Waals surface area (Å²) in [5, 5.41) is 9.79. The largest absolute Gasteiger partial charge is 0.389 e. The Labute approximate surface area is 108 Å². The van der Waals surface area contributed by atoms with Gasteiger partial charge >= 0.3 is 0 Å². The van der Waals surface area contributed by atoms with Gasteiger partial charge in [0.05, 0.1) is 6.10 Å². The molecule has 18 heavy (non-hydrogen) atoms. The minimum absolute atomic E-state index is 0.527. The lowest BCUT2D eigenvalue weighted by atomic mass is 10.1. The molecule has 3 nitrogen and oxygen atoms in total. The number of nitrogens with zero attached hydrogens (tertiary/aromatic N) is 2. The zero-order valence-corrected chi connectivity index (χ0v) is 11.0. The minimum Gasteiger partial charge on any atom is -0.389 e. The van der Waals surface area contributed by atoms with E-state index in [4.69, 9.17) is 0 Å². The van der Waals surface area contributed by atoms with Crippen molar-refractivity contribution < 1.29 is 5.11 Å². The lowest BCUT2D eigenvalue weighted by Crippen LogP contribution is -2.14. The van der Waals surface area contributed by atoms with Crippen molar-refractivity contribution in [2.24, 2.45) is 0 Å². The average molecular weight is 242 g/mol. The second kappa shape index (κ2) is 5.19. The summed E-state index contributed by atoms with van der Waals surface area (Å²) in [6.45, 7) is 3.82. The first-order valence-electron chi connectivity index (χ1n) is 6.03. The molecule has 1 unspecified atom stereocenters. The fraction of sp³-hybridized carbons (Fsp3) is 0.267. The van der Waals surface area contributed by atoms with Crippen molar-refractivity contribution in [1.29, 1.82) is 0 Å². The average Bonchev–Trinajstić information content (AvgIpc) is 2.38. The van der Waals surface area contributed by atoms with Crippen molar-refractivity contribution in [3.8, 4) is 0 Å². The lowest BCUT2D eigenvalue weighted by molar-refractivity contribution is 0.199. The summed E-state index contributed by atoms with van der Waals surface area (Å²) >= 11 is 0. The summed E-state index contributed by atoms with van der Waals surface area (Å²) in [7, 11) is 1.96. The molecule has 0 aliphatic rings. The Kier molecular flexibility index (Phi) is 3.63. The van der Waals surface area contributed by atoms with E-state index in [1.165, 1.54) is 5.56 Å². The van der Waals surface area contributed by atoms with Gasteiger partial charge in [-0.1, -0.05) is 18.2 Å². The van der Waals surface area contributed by atoms with Crippen LogP contribution in [0.15, 0.2) is 42.6 Å². The maximum atomic E-state index is 9.79. The molecule has 0 fully saturated rings. The van der Waals surface area contributed by atoms with E-state index in [1.807, 2.05) is 36.2 Å². The van der Waals surface area contributed by atoms with E-state index in [9.17, 15) is 5.11 Å². The van der Waals surface area contributed by atoms with Crippen LogP contribution in [0.2, 0.25) is 0 Å². The van der Waals surface area contributed by atoms with Crippen molar-refractivity contribution in [3.05, 3.63) is 53.7 Å². The molecule has 0 amide bonds. The fourth-order valence-electron chi connectivity index (χ4n) is 1.97. The van der Waals surface area contributed by atoms with Gasteiger partial charge in [-0.3, -0.25) is 0 Å². The van der Waals surface area contributed by atoms with Gasteiger partial charge < -0.3 is 10.0 Å². The van der Waals surface area contributed by atoms with Crippen LogP contribution in [0.4, 0.5) is 11.5 Å². The minimum atomic E-state index is -0.527. The van der Waals surface area contributed by atoms with Crippen molar-refractivity contribution in [3.63, 3.8) is 0 Å². The number of pyridine rings is 1. The highest BCUT2D eigenvalue weighted by Gasteiger charge is 2.13. The molecule has 0 aliphatic carbocycles. The van der Waals surface area contributed by atoms with Crippen LogP contribution in [-0.2, 0) is 0 Å². The molecule has 1 aromatic carbocycles. The number of aryl methyl sites for hydroxylation is 1. The quantitative estimate of drug-likeness (QED) is 0.897. The molecule has 0 bridgehead atoms. The third-order valence-corrected chi connectivity index (χ3v) is 2.97. The maximum absolute atomic E-state index is 9.79. The Hall–Kier alpha value is -1.87. The molecule has 94 valence electrons. The first kappa shape index (κ1) is 12.6. The van der Waals surface area contributed by atoms with Gasteiger partial charge in [0.25, 0.3) is 0 Å². The topological polar surface area (TPSA) is 36.4 Å². The van der Waals surface area contributed by atoms with Crippen molar-refractivity contribution in [2.45, 2.75) is 20.0 Å². The van der Waals surface area contributed by atoms with Crippen LogP contribution in [0.3, 0.4) is 0 Å². The molecule has 0 saturated carbocycles. The highest BCUT2D eigenvalue weighted by Crippen LogP contribution is 2.28. The Morgan fingerprint density at radius 3 is 2.67 bits per heavy atom. The number of aliphatic hydroxyl groups is 1. The van der Waals surface area contributed by atoms with Crippen LogP contribution >= 0.6 is 0 Å². The second-order valence-corrected chi connectivity index (χ2v) is 4.49. The van der Waals surface area contributed by atoms with E-state index in [0.717, 1.165) is 17.1 Å². The number of anilines is 2. The van der Waals surface area contributed by atoms with Crippen LogP contribution in [0.25, 0.3) is 0 Å². The summed E-state index contributed by atoms with van der Waals surface area (Å²) in [6.07, 6.45) is 1.22. The Bertz CT molecular complexity index is 538. The van der Waals surface area contributed by atoms with Gasteiger partial charge in [-0.05, 0) is 37.6 Å². The first-order valence-corrected chi connectivity index (χ1v) is 6.03. The van der Waals surface area contributed by atoms with Crippen LogP contribution in [0.5, 0.6) is 0 Å². The van der Waals surface area contributed by atoms with Crippen LogP contribution in [0.1, 0.15) is 24.2 Å². The third-order valence-electron chi connectivity index (χ3n) is 2.97. The summed E-state index contributed by atoms with van der Waals surface area (Å²) in [6, 6.07) is 12.0. The van der Waals surface area contributed by atoms with Crippen LogP contribution < -0.4 is 4.90 Å². The van der Waals surface area contributed by atoms with E-state index >= 15 is 0 Å². The zero-order chi connectivity index (χ0) is 13.1. The monoisotopic (exact) mass is 242 g/mol. The van der Waals surface area contributed by atoms with Crippen molar-refractivity contribution in [2.75, 3.05) is 11.9 Å².